The monoisotopic (exact) mass is 1230 g/mol. The smallest absolute Gasteiger partial charge is 0.305 e. The summed E-state index contributed by atoms with van der Waals surface area (Å²) in [5, 5.41) is 23.3. The van der Waals surface area contributed by atoms with E-state index in [9.17, 15) is 19.8 Å². The molecule has 0 rings (SSSR count). The quantitative estimate of drug-likeness (QED) is 0.0320. The Morgan fingerprint density at radius 1 is 0.318 bits per heavy atom. The predicted octanol–water partition coefficient (Wildman–Crippen LogP) is 26.4. The van der Waals surface area contributed by atoms with Crippen LogP contribution in [0.5, 0.6) is 0 Å². The van der Waals surface area contributed by atoms with Crippen molar-refractivity contribution in [2.45, 2.75) is 450 Å². The fraction of sp³-hybridized carbons (Fsp3) is 0.878. The summed E-state index contributed by atoms with van der Waals surface area (Å²) in [6.45, 7) is 4.94. The van der Waals surface area contributed by atoms with Crippen LogP contribution in [0.15, 0.2) is 48.6 Å². The topological polar surface area (TPSA) is 95.9 Å². The van der Waals surface area contributed by atoms with Crippen LogP contribution in [-0.4, -0.2) is 47.4 Å². The van der Waals surface area contributed by atoms with E-state index in [1.54, 1.807) is 6.08 Å². The fourth-order valence-corrected chi connectivity index (χ4v) is 12.5. The number of amides is 1. The normalized spacial score (nSPS) is 12.7. The summed E-state index contributed by atoms with van der Waals surface area (Å²) in [4.78, 5) is 24.6. The lowest BCUT2D eigenvalue weighted by Crippen LogP contribution is -2.45. The number of nitrogens with one attached hydrogen (secondary N) is 1. The van der Waals surface area contributed by atoms with Gasteiger partial charge in [0.05, 0.1) is 25.4 Å². The molecular formula is C82H155NO5. The summed E-state index contributed by atoms with van der Waals surface area (Å²) >= 11 is 0. The zero-order valence-corrected chi connectivity index (χ0v) is 59.5. The Bertz CT molecular complexity index is 1470. The summed E-state index contributed by atoms with van der Waals surface area (Å²) < 4.78 is 5.49. The predicted molar refractivity (Wildman–Crippen MR) is 389 cm³/mol. The molecule has 0 radical (unpaired) electrons. The average Bonchev–Trinajstić information content (AvgIpc) is 3.58. The van der Waals surface area contributed by atoms with Crippen molar-refractivity contribution in [2.75, 3.05) is 13.2 Å². The maximum absolute atomic E-state index is 12.5. The van der Waals surface area contributed by atoms with Crippen LogP contribution in [0.3, 0.4) is 0 Å². The van der Waals surface area contributed by atoms with E-state index < -0.39 is 12.1 Å². The zero-order chi connectivity index (χ0) is 63.5. The molecule has 2 atom stereocenters. The maximum atomic E-state index is 12.5. The van der Waals surface area contributed by atoms with E-state index in [1.807, 2.05) is 6.08 Å². The number of hydrogen-bond acceptors (Lipinski definition) is 5. The number of aliphatic hydroxyl groups is 2. The molecule has 3 N–H and O–H groups in total. The van der Waals surface area contributed by atoms with Crippen LogP contribution in [0, 0.1) is 0 Å². The first-order valence-corrected chi connectivity index (χ1v) is 39.9. The number of carbonyl (C=O) groups is 2. The average molecular weight is 1240 g/mol. The zero-order valence-electron chi connectivity index (χ0n) is 59.5. The standard InChI is InChI=1S/C82H155NO5/c1-3-5-7-9-11-13-15-17-19-20-21-37-40-43-47-50-54-58-62-66-70-74-80(85)79(78-84)83-81(86)75-71-67-63-59-55-51-48-44-41-38-35-33-31-29-27-25-23-22-24-26-28-30-32-34-36-39-42-45-49-53-57-61-65-69-73-77-88-82(87)76-72-68-64-60-56-52-46-18-16-14-12-10-8-6-4-2/h18,24,26,30,32,46,70,74,79-80,84-85H,3-17,19-23,25,27-29,31,33-45,47-69,71-73,75-78H2,1-2H3,(H,83,86)/b26-24-,32-30-,46-18-,74-70+. The van der Waals surface area contributed by atoms with Gasteiger partial charge in [0.1, 0.15) is 0 Å². The summed E-state index contributed by atoms with van der Waals surface area (Å²) in [7, 11) is 0. The highest BCUT2D eigenvalue weighted by atomic mass is 16.5. The van der Waals surface area contributed by atoms with E-state index in [0.717, 1.165) is 51.4 Å². The van der Waals surface area contributed by atoms with Crippen LogP contribution in [0.1, 0.15) is 438 Å². The van der Waals surface area contributed by atoms with Gasteiger partial charge in [-0.05, 0) is 89.9 Å². The van der Waals surface area contributed by atoms with Crippen LogP contribution in [0.25, 0.3) is 0 Å². The molecule has 0 saturated carbocycles. The number of esters is 1. The van der Waals surface area contributed by atoms with Gasteiger partial charge in [-0.25, -0.2) is 0 Å². The lowest BCUT2D eigenvalue weighted by molar-refractivity contribution is -0.143. The van der Waals surface area contributed by atoms with E-state index in [2.05, 4.69) is 55.6 Å². The van der Waals surface area contributed by atoms with Crippen LogP contribution in [-0.2, 0) is 14.3 Å². The number of carbonyl (C=O) groups excluding carboxylic acids is 2. The molecule has 0 aliphatic heterocycles. The van der Waals surface area contributed by atoms with Gasteiger partial charge >= 0.3 is 5.97 Å². The van der Waals surface area contributed by atoms with E-state index in [-0.39, 0.29) is 18.5 Å². The third kappa shape index (κ3) is 72.9. The Kier molecular flexibility index (Phi) is 75.4. The van der Waals surface area contributed by atoms with Crippen molar-refractivity contribution in [1.82, 2.24) is 5.32 Å². The van der Waals surface area contributed by atoms with Crippen molar-refractivity contribution < 1.29 is 24.5 Å². The first-order chi connectivity index (χ1) is 43.5. The van der Waals surface area contributed by atoms with Gasteiger partial charge < -0.3 is 20.3 Å². The Hall–Kier alpha value is -2.18. The molecule has 2 unspecified atom stereocenters. The lowest BCUT2D eigenvalue weighted by Gasteiger charge is -2.20. The number of allylic oxidation sites excluding steroid dienone is 7. The van der Waals surface area contributed by atoms with Gasteiger partial charge in [-0.3, -0.25) is 9.59 Å². The molecule has 0 aromatic rings. The van der Waals surface area contributed by atoms with Gasteiger partial charge in [0, 0.05) is 12.8 Å². The molecule has 0 aromatic carbocycles. The van der Waals surface area contributed by atoms with Crippen molar-refractivity contribution in [1.29, 1.82) is 0 Å². The van der Waals surface area contributed by atoms with Crippen molar-refractivity contribution in [3.63, 3.8) is 0 Å². The molecule has 6 nitrogen and oxygen atoms in total. The summed E-state index contributed by atoms with van der Waals surface area (Å²) in [6.07, 6.45) is 102. The van der Waals surface area contributed by atoms with Crippen molar-refractivity contribution in [3.05, 3.63) is 48.6 Å². The molecule has 1 amide bonds. The second-order valence-corrected chi connectivity index (χ2v) is 27.4. The lowest BCUT2D eigenvalue weighted by atomic mass is 10.0. The van der Waals surface area contributed by atoms with E-state index >= 15 is 0 Å². The SMILES string of the molecule is CCCCCCCC/C=C\CCCCCCCC(=O)OCCCCCCCCCCCCC/C=C\C/C=C\CCCCCCCCCCCCCCCCCCCC(=O)NC(CO)C(O)/C=C/CCCCCCCCCCCCCCCCCCCCC. The molecule has 88 heavy (non-hydrogen) atoms. The van der Waals surface area contributed by atoms with E-state index in [0.29, 0.717) is 19.4 Å². The Balaban J connectivity index is 3.39. The number of ether oxygens (including phenoxy) is 1. The van der Waals surface area contributed by atoms with Gasteiger partial charge in [-0.15, -0.1) is 0 Å². The molecule has 0 bridgehead atoms. The third-order valence-electron chi connectivity index (χ3n) is 18.6. The van der Waals surface area contributed by atoms with Gasteiger partial charge in [0.2, 0.25) is 5.91 Å². The molecule has 0 saturated heterocycles. The molecule has 0 spiro atoms. The minimum absolute atomic E-state index is 0.00907. The second-order valence-electron chi connectivity index (χ2n) is 27.4. The highest BCUT2D eigenvalue weighted by molar-refractivity contribution is 5.76. The van der Waals surface area contributed by atoms with Crippen molar-refractivity contribution in [2.24, 2.45) is 0 Å². The van der Waals surface area contributed by atoms with Gasteiger partial charge in [0.25, 0.3) is 0 Å². The first kappa shape index (κ1) is 85.8. The molecule has 6 heteroatoms. The Labute approximate surface area is 550 Å². The van der Waals surface area contributed by atoms with Crippen LogP contribution < -0.4 is 5.32 Å². The van der Waals surface area contributed by atoms with Crippen LogP contribution in [0.4, 0.5) is 0 Å². The maximum Gasteiger partial charge on any atom is 0.305 e. The Morgan fingerprint density at radius 2 is 0.568 bits per heavy atom. The third-order valence-corrected chi connectivity index (χ3v) is 18.6. The minimum Gasteiger partial charge on any atom is -0.466 e. The van der Waals surface area contributed by atoms with Gasteiger partial charge in [0.15, 0.2) is 0 Å². The molecule has 0 heterocycles. The van der Waals surface area contributed by atoms with Crippen molar-refractivity contribution in [3.8, 4) is 0 Å². The second kappa shape index (κ2) is 77.3. The highest BCUT2D eigenvalue weighted by Gasteiger charge is 2.18. The molecule has 0 aliphatic rings. The number of unbranched alkanes of at least 4 members (excludes halogenated alkanes) is 58. The van der Waals surface area contributed by atoms with Crippen molar-refractivity contribution >= 4 is 11.9 Å². The summed E-state index contributed by atoms with van der Waals surface area (Å²) in [5.41, 5.74) is 0. The number of hydrogen-bond donors (Lipinski definition) is 3. The van der Waals surface area contributed by atoms with E-state index in [4.69, 9.17) is 4.74 Å². The van der Waals surface area contributed by atoms with Crippen LogP contribution >= 0.6 is 0 Å². The number of rotatable bonds is 75. The first-order valence-electron chi connectivity index (χ1n) is 39.9. The van der Waals surface area contributed by atoms with Gasteiger partial charge in [-0.1, -0.05) is 383 Å². The molecule has 0 fully saturated rings. The van der Waals surface area contributed by atoms with Gasteiger partial charge in [-0.2, -0.15) is 0 Å². The minimum atomic E-state index is -0.845. The molecule has 518 valence electrons. The van der Waals surface area contributed by atoms with E-state index in [1.165, 1.54) is 360 Å². The fourth-order valence-electron chi connectivity index (χ4n) is 12.5. The summed E-state index contributed by atoms with van der Waals surface area (Å²) in [6, 6.07) is -0.628. The molecule has 0 aromatic heterocycles. The Morgan fingerprint density at radius 3 is 0.875 bits per heavy atom. The summed E-state index contributed by atoms with van der Waals surface area (Å²) in [5.74, 6) is -0.0525. The molecule has 0 aliphatic carbocycles. The van der Waals surface area contributed by atoms with Crippen LogP contribution in [0.2, 0.25) is 0 Å². The largest absolute Gasteiger partial charge is 0.466 e. The molecular weight excluding hydrogens is 1080 g/mol. The highest BCUT2D eigenvalue weighted by Crippen LogP contribution is 2.19. The number of aliphatic hydroxyl groups excluding tert-OH is 2.